The van der Waals surface area contributed by atoms with Crippen molar-refractivity contribution in [1.82, 2.24) is 4.98 Å². The van der Waals surface area contributed by atoms with E-state index in [1.165, 1.54) is 0 Å². The van der Waals surface area contributed by atoms with Crippen LogP contribution in [-0.2, 0) is 6.42 Å². The number of nitrogens with one attached hydrogen (secondary N) is 1. The van der Waals surface area contributed by atoms with Crippen LogP contribution in [0.1, 0.15) is 23.1 Å². The summed E-state index contributed by atoms with van der Waals surface area (Å²) in [5.74, 6) is -1.10. The largest absolute Gasteiger partial charge is 0.477 e. The Morgan fingerprint density at radius 1 is 1.50 bits per heavy atom. The van der Waals surface area contributed by atoms with E-state index in [4.69, 9.17) is 28.3 Å². The number of aromatic amines is 1. The fourth-order valence-corrected chi connectivity index (χ4v) is 1.41. The van der Waals surface area contributed by atoms with Crippen LogP contribution in [0.15, 0.2) is 0 Å². The van der Waals surface area contributed by atoms with Crippen LogP contribution in [0.3, 0.4) is 0 Å². The highest BCUT2D eigenvalue weighted by molar-refractivity contribution is 6.44. The molecule has 12 heavy (non-hydrogen) atoms. The molecule has 0 aliphatic carbocycles. The molecule has 0 amide bonds. The van der Waals surface area contributed by atoms with Crippen molar-refractivity contribution in [2.75, 3.05) is 0 Å². The molecule has 5 heteroatoms. The summed E-state index contributed by atoms with van der Waals surface area (Å²) < 4.78 is 0. The first-order valence-corrected chi connectivity index (χ1v) is 4.12. The first-order valence-electron chi connectivity index (χ1n) is 3.37. The summed E-state index contributed by atoms with van der Waals surface area (Å²) in [6, 6.07) is 0. The number of halogens is 2. The molecule has 0 bridgehead atoms. The standard InChI is InChI=1S/C7H7Cl2NO2/c1-2-3-4(8)5(9)6(10-3)7(11)12/h10H,2H2,1H3,(H,11,12). The number of hydrogen-bond acceptors (Lipinski definition) is 1. The molecule has 2 N–H and O–H groups in total. The Balaban J connectivity index is 3.25. The van der Waals surface area contributed by atoms with Crippen LogP contribution in [0.25, 0.3) is 0 Å². The van der Waals surface area contributed by atoms with Crippen LogP contribution in [-0.4, -0.2) is 16.1 Å². The van der Waals surface area contributed by atoms with Gasteiger partial charge < -0.3 is 10.1 Å². The van der Waals surface area contributed by atoms with Gasteiger partial charge in [0.05, 0.1) is 10.0 Å². The Bertz CT molecular complexity index is 319. The second-order valence-electron chi connectivity index (χ2n) is 2.27. The lowest BCUT2D eigenvalue weighted by Crippen LogP contribution is -1.97. The van der Waals surface area contributed by atoms with Gasteiger partial charge in [0.25, 0.3) is 0 Å². The Morgan fingerprint density at radius 3 is 2.33 bits per heavy atom. The van der Waals surface area contributed by atoms with E-state index < -0.39 is 5.97 Å². The molecule has 1 aromatic rings. The van der Waals surface area contributed by atoms with Crippen molar-refractivity contribution in [1.29, 1.82) is 0 Å². The SMILES string of the molecule is CCc1[nH]c(C(=O)O)c(Cl)c1Cl. The van der Waals surface area contributed by atoms with Crippen molar-refractivity contribution in [3.8, 4) is 0 Å². The third kappa shape index (κ3) is 1.42. The molecule has 0 saturated heterocycles. The highest BCUT2D eigenvalue weighted by Crippen LogP contribution is 2.29. The number of aromatic carboxylic acids is 1. The van der Waals surface area contributed by atoms with Crippen LogP contribution < -0.4 is 0 Å². The predicted octanol–water partition coefficient (Wildman–Crippen LogP) is 2.58. The lowest BCUT2D eigenvalue weighted by molar-refractivity contribution is 0.0691. The second-order valence-corrected chi connectivity index (χ2v) is 3.02. The molecule has 0 saturated carbocycles. The van der Waals surface area contributed by atoms with Gasteiger partial charge in [0, 0.05) is 5.69 Å². The summed E-state index contributed by atoms with van der Waals surface area (Å²) >= 11 is 11.4. The quantitative estimate of drug-likeness (QED) is 0.784. The Morgan fingerprint density at radius 2 is 2.08 bits per heavy atom. The van der Waals surface area contributed by atoms with Crippen LogP contribution in [0.4, 0.5) is 0 Å². The summed E-state index contributed by atoms with van der Waals surface area (Å²) in [6.45, 7) is 1.86. The van der Waals surface area contributed by atoms with E-state index in [-0.39, 0.29) is 10.7 Å². The third-order valence-corrected chi connectivity index (χ3v) is 2.41. The lowest BCUT2D eigenvalue weighted by Gasteiger charge is -1.88. The number of H-pyrrole nitrogens is 1. The van der Waals surface area contributed by atoms with E-state index >= 15 is 0 Å². The highest BCUT2D eigenvalue weighted by atomic mass is 35.5. The van der Waals surface area contributed by atoms with E-state index in [9.17, 15) is 4.79 Å². The molecule has 0 fully saturated rings. The maximum atomic E-state index is 10.5. The van der Waals surface area contributed by atoms with E-state index in [0.29, 0.717) is 17.1 Å². The van der Waals surface area contributed by atoms with E-state index in [1.54, 1.807) is 0 Å². The number of aromatic nitrogens is 1. The highest BCUT2D eigenvalue weighted by Gasteiger charge is 2.17. The topological polar surface area (TPSA) is 53.1 Å². The first-order chi connectivity index (χ1) is 5.57. The van der Waals surface area contributed by atoms with Gasteiger partial charge in [-0.05, 0) is 6.42 Å². The minimum atomic E-state index is -1.10. The molecule has 1 rings (SSSR count). The normalized spacial score (nSPS) is 10.2. The number of rotatable bonds is 2. The Hall–Kier alpha value is -0.670. The number of hydrogen-bond donors (Lipinski definition) is 2. The number of carboxylic acids is 1. The number of carboxylic acid groups (broad SMARTS) is 1. The van der Waals surface area contributed by atoms with Gasteiger partial charge in [0.15, 0.2) is 0 Å². The summed E-state index contributed by atoms with van der Waals surface area (Å²) in [4.78, 5) is 13.2. The van der Waals surface area contributed by atoms with Gasteiger partial charge in [-0.15, -0.1) is 0 Å². The number of carbonyl (C=O) groups is 1. The molecule has 0 radical (unpaired) electrons. The molecule has 0 aliphatic heterocycles. The molecule has 1 aromatic heterocycles. The summed E-state index contributed by atoms with van der Waals surface area (Å²) in [5, 5.41) is 9.01. The fourth-order valence-electron chi connectivity index (χ4n) is 0.894. The van der Waals surface area contributed by atoms with E-state index in [1.807, 2.05) is 6.92 Å². The predicted molar refractivity (Wildman–Crippen MR) is 47.2 cm³/mol. The summed E-state index contributed by atoms with van der Waals surface area (Å²) in [7, 11) is 0. The molecule has 0 aromatic carbocycles. The van der Waals surface area contributed by atoms with Crippen molar-refractivity contribution in [3.05, 3.63) is 21.4 Å². The van der Waals surface area contributed by atoms with Gasteiger partial charge >= 0.3 is 5.97 Å². The smallest absolute Gasteiger partial charge is 0.353 e. The monoisotopic (exact) mass is 207 g/mol. The van der Waals surface area contributed by atoms with Crippen molar-refractivity contribution in [3.63, 3.8) is 0 Å². The van der Waals surface area contributed by atoms with Crippen LogP contribution in [0, 0.1) is 0 Å². The molecular weight excluding hydrogens is 201 g/mol. The minimum absolute atomic E-state index is 0.0430. The van der Waals surface area contributed by atoms with Gasteiger partial charge in [0.1, 0.15) is 5.69 Å². The first kappa shape index (κ1) is 9.42. The fraction of sp³-hybridized carbons (Fsp3) is 0.286. The van der Waals surface area contributed by atoms with Crippen molar-refractivity contribution in [2.45, 2.75) is 13.3 Å². The van der Waals surface area contributed by atoms with Crippen molar-refractivity contribution < 1.29 is 9.90 Å². The number of aryl methyl sites for hydroxylation is 1. The van der Waals surface area contributed by atoms with Gasteiger partial charge in [-0.3, -0.25) is 0 Å². The van der Waals surface area contributed by atoms with Crippen LogP contribution in [0.5, 0.6) is 0 Å². The van der Waals surface area contributed by atoms with Crippen LogP contribution >= 0.6 is 23.2 Å². The van der Waals surface area contributed by atoms with Gasteiger partial charge in [-0.1, -0.05) is 30.1 Å². The zero-order valence-corrected chi connectivity index (χ0v) is 7.83. The van der Waals surface area contributed by atoms with Gasteiger partial charge in [-0.25, -0.2) is 4.79 Å². The summed E-state index contributed by atoms with van der Waals surface area (Å²) in [5.41, 5.74) is 0.609. The van der Waals surface area contributed by atoms with Gasteiger partial charge in [-0.2, -0.15) is 0 Å². The Kier molecular flexibility index (Phi) is 2.65. The Labute approximate surface area is 79.3 Å². The molecule has 3 nitrogen and oxygen atoms in total. The zero-order valence-electron chi connectivity index (χ0n) is 6.32. The van der Waals surface area contributed by atoms with Gasteiger partial charge in [0.2, 0.25) is 0 Å². The van der Waals surface area contributed by atoms with Crippen molar-refractivity contribution in [2.24, 2.45) is 0 Å². The maximum absolute atomic E-state index is 10.5. The average Bonchev–Trinajstić information content (AvgIpc) is 2.30. The molecule has 66 valence electrons. The molecule has 1 heterocycles. The third-order valence-electron chi connectivity index (χ3n) is 1.52. The molecular formula is C7H7Cl2NO2. The molecule has 0 aliphatic rings. The van der Waals surface area contributed by atoms with Crippen molar-refractivity contribution >= 4 is 29.2 Å². The summed E-state index contributed by atoms with van der Waals surface area (Å²) in [6.07, 6.45) is 0.631. The molecule has 0 atom stereocenters. The minimum Gasteiger partial charge on any atom is -0.477 e. The van der Waals surface area contributed by atoms with E-state index in [0.717, 1.165) is 0 Å². The van der Waals surface area contributed by atoms with Crippen LogP contribution in [0.2, 0.25) is 10.0 Å². The lowest BCUT2D eigenvalue weighted by atomic mass is 10.3. The zero-order chi connectivity index (χ0) is 9.30. The molecule has 0 unspecified atom stereocenters. The molecule has 0 spiro atoms. The van der Waals surface area contributed by atoms with E-state index in [2.05, 4.69) is 4.98 Å². The average molecular weight is 208 g/mol. The second kappa shape index (κ2) is 3.37. The maximum Gasteiger partial charge on any atom is 0.353 e.